The van der Waals surface area contributed by atoms with Crippen LogP contribution < -0.4 is 10.6 Å². The van der Waals surface area contributed by atoms with Crippen molar-refractivity contribution in [1.29, 1.82) is 0 Å². The van der Waals surface area contributed by atoms with Crippen molar-refractivity contribution in [3.8, 4) is 0 Å². The topological polar surface area (TPSA) is 56.7 Å². The lowest BCUT2D eigenvalue weighted by molar-refractivity contribution is 0.184. The van der Waals surface area contributed by atoms with Crippen molar-refractivity contribution in [2.75, 3.05) is 19.8 Å². The maximum atomic E-state index is 12.3. The average molecular weight is 575 g/mol. The van der Waals surface area contributed by atoms with Crippen molar-refractivity contribution in [1.82, 2.24) is 15.5 Å². The van der Waals surface area contributed by atoms with Gasteiger partial charge in [0, 0.05) is 54.0 Å². The maximum absolute atomic E-state index is 12.3. The SMILES string of the molecule is CCS(=O)C1CCCC(NC(=NC)NCc2ccccc2CN(C)C2CCCCC2)C1.I. The molecule has 2 fully saturated rings. The van der Waals surface area contributed by atoms with E-state index in [0.717, 1.165) is 56.5 Å². The van der Waals surface area contributed by atoms with Crippen LogP contribution >= 0.6 is 24.0 Å². The molecule has 0 bridgehead atoms. The normalized spacial score (nSPS) is 23.4. The molecule has 32 heavy (non-hydrogen) atoms. The van der Waals surface area contributed by atoms with Crippen molar-refractivity contribution in [2.45, 2.75) is 95.1 Å². The van der Waals surface area contributed by atoms with Crippen LogP contribution in [0.4, 0.5) is 0 Å². The Kier molecular flexibility index (Phi) is 12.5. The van der Waals surface area contributed by atoms with Crippen LogP contribution in [-0.2, 0) is 23.9 Å². The van der Waals surface area contributed by atoms with Crippen LogP contribution in [0, 0.1) is 0 Å². The van der Waals surface area contributed by atoms with Gasteiger partial charge >= 0.3 is 0 Å². The molecule has 0 radical (unpaired) electrons. The zero-order chi connectivity index (χ0) is 22.1. The highest BCUT2D eigenvalue weighted by Gasteiger charge is 2.26. The van der Waals surface area contributed by atoms with E-state index >= 15 is 0 Å². The van der Waals surface area contributed by atoms with E-state index < -0.39 is 10.8 Å². The summed E-state index contributed by atoms with van der Waals surface area (Å²) >= 11 is 0. The number of aliphatic imine (C=N–C) groups is 1. The highest BCUT2D eigenvalue weighted by Crippen LogP contribution is 2.24. The van der Waals surface area contributed by atoms with E-state index in [1.807, 2.05) is 14.0 Å². The first-order valence-electron chi connectivity index (χ1n) is 12.2. The van der Waals surface area contributed by atoms with Crippen molar-refractivity contribution in [3.05, 3.63) is 35.4 Å². The molecule has 1 aromatic carbocycles. The molecule has 182 valence electrons. The molecule has 2 aliphatic rings. The predicted octanol–water partition coefficient (Wildman–Crippen LogP) is 4.81. The van der Waals surface area contributed by atoms with E-state index in [0.29, 0.717) is 11.3 Å². The molecule has 3 unspecified atom stereocenters. The second kappa shape index (κ2) is 14.6. The van der Waals surface area contributed by atoms with Gasteiger partial charge in [-0.25, -0.2) is 0 Å². The largest absolute Gasteiger partial charge is 0.354 e. The zero-order valence-electron chi connectivity index (χ0n) is 20.1. The van der Waals surface area contributed by atoms with Gasteiger partial charge in [-0.05, 0) is 50.3 Å². The monoisotopic (exact) mass is 574 g/mol. The predicted molar refractivity (Wildman–Crippen MR) is 148 cm³/mol. The molecule has 0 aliphatic heterocycles. The van der Waals surface area contributed by atoms with Crippen LogP contribution in [0.25, 0.3) is 0 Å². The first-order chi connectivity index (χ1) is 15.1. The Morgan fingerprint density at radius 1 is 1.09 bits per heavy atom. The van der Waals surface area contributed by atoms with Crippen LogP contribution in [0.3, 0.4) is 0 Å². The number of guanidine groups is 1. The first kappa shape index (κ1) is 27.6. The minimum absolute atomic E-state index is 0. The molecule has 5 nitrogen and oxygen atoms in total. The van der Waals surface area contributed by atoms with Crippen molar-refractivity contribution >= 4 is 40.7 Å². The number of nitrogens with one attached hydrogen (secondary N) is 2. The molecule has 0 amide bonds. The van der Waals surface area contributed by atoms with E-state index in [1.54, 1.807) is 0 Å². The highest BCUT2D eigenvalue weighted by atomic mass is 127. The van der Waals surface area contributed by atoms with Gasteiger partial charge in [0.1, 0.15) is 0 Å². The standard InChI is InChI=1S/C25H42N4OS.HI/c1-4-31(30)24-16-10-13-22(17-24)28-25(26-2)27-18-20-11-8-9-12-21(20)19-29(3)23-14-6-5-7-15-23;/h8-9,11-12,22-24H,4-7,10,13-19H2,1-3H3,(H2,26,27,28);1H. The summed E-state index contributed by atoms with van der Waals surface area (Å²) in [5.74, 6) is 1.61. The molecule has 2 N–H and O–H groups in total. The minimum atomic E-state index is -0.701. The lowest BCUT2D eigenvalue weighted by Crippen LogP contribution is -2.46. The van der Waals surface area contributed by atoms with Gasteiger partial charge in [0.05, 0.1) is 0 Å². The minimum Gasteiger partial charge on any atom is -0.354 e. The quantitative estimate of drug-likeness (QED) is 0.266. The van der Waals surface area contributed by atoms with Gasteiger partial charge in [-0.1, -0.05) is 56.9 Å². The summed E-state index contributed by atoms with van der Waals surface area (Å²) in [5.41, 5.74) is 2.73. The molecular formula is C25H43IN4OS. The summed E-state index contributed by atoms with van der Waals surface area (Å²) in [5, 5.41) is 7.44. The van der Waals surface area contributed by atoms with Crippen molar-refractivity contribution < 1.29 is 4.21 Å². The summed E-state index contributed by atoms with van der Waals surface area (Å²) < 4.78 is 12.3. The summed E-state index contributed by atoms with van der Waals surface area (Å²) in [7, 11) is 3.41. The van der Waals surface area contributed by atoms with Crippen LogP contribution in [-0.4, -0.2) is 52.3 Å². The number of hydrogen-bond donors (Lipinski definition) is 2. The van der Waals surface area contributed by atoms with Crippen LogP contribution in [0.1, 0.15) is 75.8 Å². The van der Waals surface area contributed by atoms with E-state index in [9.17, 15) is 4.21 Å². The third kappa shape index (κ3) is 8.28. The van der Waals surface area contributed by atoms with Gasteiger partial charge in [0.2, 0.25) is 0 Å². The molecule has 1 aromatic rings. The summed E-state index contributed by atoms with van der Waals surface area (Å²) in [4.78, 5) is 7.00. The Hall–Kier alpha value is -0.670. The molecule has 0 spiro atoms. The third-order valence-corrected chi connectivity index (χ3v) is 8.77. The summed E-state index contributed by atoms with van der Waals surface area (Å²) in [6, 6.07) is 9.84. The Morgan fingerprint density at radius 3 is 2.50 bits per heavy atom. The molecule has 3 atom stereocenters. The third-order valence-electron chi connectivity index (χ3n) is 7.03. The summed E-state index contributed by atoms with van der Waals surface area (Å²) in [6.45, 7) is 3.80. The van der Waals surface area contributed by atoms with E-state index in [-0.39, 0.29) is 24.0 Å². The fourth-order valence-corrected chi connectivity index (χ4v) is 6.47. The van der Waals surface area contributed by atoms with Crippen LogP contribution in [0.15, 0.2) is 29.3 Å². The van der Waals surface area contributed by atoms with E-state index in [4.69, 9.17) is 0 Å². The Balaban J connectivity index is 0.00000363. The fraction of sp³-hybridized carbons (Fsp3) is 0.720. The second-order valence-electron chi connectivity index (χ2n) is 9.20. The van der Waals surface area contributed by atoms with Gasteiger partial charge < -0.3 is 10.6 Å². The van der Waals surface area contributed by atoms with E-state index in [1.165, 1.54) is 43.2 Å². The van der Waals surface area contributed by atoms with Crippen molar-refractivity contribution in [2.24, 2.45) is 4.99 Å². The molecule has 3 rings (SSSR count). The number of nitrogens with zero attached hydrogens (tertiary/aromatic N) is 2. The second-order valence-corrected chi connectivity index (χ2v) is 11.2. The van der Waals surface area contributed by atoms with Gasteiger partial charge in [0.25, 0.3) is 0 Å². The number of benzene rings is 1. The van der Waals surface area contributed by atoms with Gasteiger partial charge in [-0.3, -0.25) is 14.1 Å². The van der Waals surface area contributed by atoms with Crippen LogP contribution in [0.2, 0.25) is 0 Å². The van der Waals surface area contributed by atoms with Crippen molar-refractivity contribution in [3.63, 3.8) is 0 Å². The summed E-state index contributed by atoms with van der Waals surface area (Å²) in [6.07, 6.45) is 11.1. The molecular weight excluding hydrogens is 531 g/mol. The van der Waals surface area contributed by atoms with Gasteiger partial charge in [-0.2, -0.15) is 0 Å². The molecule has 2 saturated carbocycles. The molecule has 0 heterocycles. The van der Waals surface area contributed by atoms with Crippen LogP contribution in [0.5, 0.6) is 0 Å². The smallest absolute Gasteiger partial charge is 0.191 e. The molecule has 0 saturated heterocycles. The van der Waals surface area contributed by atoms with Gasteiger partial charge in [-0.15, -0.1) is 24.0 Å². The zero-order valence-corrected chi connectivity index (χ0v) is 23.3. The highest BCUT2D eigenvalue weighted by molar-refractivity contribution is 14.0. The van der Waals surface area contributed by atoms with Gasteiger partial charge in [0.15, 0.2) is 5.96 Å². The van der Waals surface area contributed by atoms with E-state index in [2.05, 4.69) is 51.8 Å². The first-order valence-corrected chi connectivity index (χ1v) is 13.6. The number of rotatable bonds is 8. The number of halogens is 1. The Bertz CT molecular complexity index is 738. The number of hydrogen-bond acceptors (Lipinski definition) is 3. The lowest BCUT2D eigenvalue weighted by Gasteiger charge is -2.32. The average Bonchev–Trinajstić information content (AvgIpc) is 2.82. The molecule has 0 aromatic heterocycles. The molecule has 7 heteroatoms. The maximum Gasteiger partial charge on any atom is 0.191 e. The Morgan fingerprint density at radius 2 is 1.81 bits per heavy atom. The fourth-order valence-electron chi connectivity index (χ4n) is 5.12. The molecule has 2 aliphatic carbocycles. The lowest BCUT2D eigenvalue weighted by atomic mass is 9.94. The Labute approximate surface area is 215 Å².